The van der Waals surface area contributed by atoms with Gasteiger partial charge in [-0.2, -0.15) is 0 Å². The molecule has 1 aliphatic rings. The summed E-state index contributed by atoms with van der Waals surface area (Å²) in [5, 5.41) is 3.29. The van der Waals surface area contributed by atoms with Crippen LogP contribution < -0.4 is 5.32 Å². The molecular weight excluding hydrogens is 166 g/mol. The number of carbonyl (C=O) groups excluding carboxylic acids is 1. The fraction of sp³-hybridized carbons (Fsp3) is 0.900. The molecular formula is C10H19NO2. The average molecular weight is 185 g/mol. The van der Waals surface area contributed by atoms with Crippen molar-refractivity contribution in [2.75, 3.05) is 26.8 Å². The molecule has 1 fully saturated rings. The van der Waals surface area contributed by atoms with Gasteiger partial charge >= 0.3 is 0 Å². The third-order valence-electron chi connectivity index (χ3n) is 3.02. The van der Waals surface area contributed by atoms with Crippen molar-refractivity contribution in [3.63, 3.8) is 0 Å². The van der Waals surface area contributed by atoms with Crippen molar-refractivity contribution in [1.29, 1.82) is 0 Å². The maximum absolute atomic E-state index is 11.8. The predicted molar refractivity (Wildman–Crippen MR) is 51.7 cm³/mol. The van der Waals surface area contributed by atoms with Crippen LogP contribution in [0.5, 0.6) is 0 Å². The van der Waals surface area contributed by atoms with E-state index in [4.69, 9.17) is 4.74 Å². The molecule has 0 amide bonds. The molecule has 1 saturated heterocycles. The van der Waals surface area contributed by atoms with Gasteiger partial charge in [-0.05, 0) is 25.8 Å². The van der Waals surface area contributed by atoms with Gasteiger partial charge in [0.05, 0.1) is 0 Å². The molecule has 0 aromatic rings. The monoisotopic (exact) mass is 185 g/mol. The maximum atomic E-state index is 11.8. The second-order valence-corrected chi connectivity index (χ2v) is 3.77. The molecule has 0 spiro atoms. The molecule has 0 aromatic carbocycles. The zero-order chi connectivity index (χ0) is 9.73. The van der Waals surface area contributed by atoms with Crippen LogP contribution in [0.2, 0.25) is 0 Å². The zero-order valence-corrected chi connectivity index (χ0v) is 8.56. The summed E-state index contributed by atoms with van der Waals surface area (Å²) in [6, 6.07) is 0. The molecule has 3 nitrogen and oxygen atoms in total. The fourth-order valence-electron chi connectivity index (χ4n) is 1.99. The summed E-state index contributed by atoms with van der Waals surface area (Å²) in [5.74, 6) is 0.254. The topological polar surface area (TPSA) is 38.3 Å². The largest absolute Gasteiger partial charge is 0.377 e. The standard InChI is InChI=1S/C10H19NO2/c1-3-10(9(12)7-13-2)5-4-6-11-8-10/h11H,3-8H2,1-2H3. The lowest BCUT2D eigenvalue weighted by atomic mass is 9.75. The Morgan fingerprint density at radius 3 is 2.85 bits per heavy atom. The minimum atomic E-state index is -0.145. The molecule has 0 aromatic heterocycles. The van der Waals surface area contributed by atoms with E-state index in [0.717, 1.165) is 32.4 Å². The van der Waals surface area contributed by atoms with E-state index >= 15 is 0 Å². The van der Waals surface area contributed by atoms with E-state index in [-0.39, 0.29) is 17.8 Å². The third kappa shape index (κ3) is 2.29. The van der Waals surface area contributed by atoms with Gasteiger partial charge in [0.1, 0.15) is 6.61 Å². The molecule has 1 heterocycles. The highest BCUT2D eigenvalue weighted by Gasteiger charge is 2.36. The van der Waals surface area contributed by atoms with Gasteiger partial charge in [0, 0.05) is 19.1 Å². The molecule has 13 heavy (non-hydrogen) atoms. The highest BCUT2D eigenvalue weighted by atomic mass is 16.5. The van der Waals surface area contributed by atoms with Gasteiger partial charge in [0.15, 0.2) is 5.78 Å². The van der Waals surface area contributed by atoms with Crippen LogP contribution >= 0.6 is 0 Å². The van der Waals surface area contributed by atoms with Crippen LogP contribution in [-0.4, -0.2) is 32.6 Å². The number of methoxy groups -OCH3 is 1. The molecule has 1 N–H and O–H groups in total. The highest BCUT2D eigenvalue weighted by Crippen LogP contribution is 2.30. The minimum absolute atomic E-state index is 0.145. The summed E-state index contributed by atoms with van der Waals surface area (Å²) >= 11 is 0. The van der Waals surface area contributed by atoms with Gasteiger partial charge in [-0.15, -0.1) is 0 Å². The van der Waals surface area contributed by atoms with E-state index in [1.54, 1.807) is 7.11 Å². The molecule has 0 saturated carbocycles. The Hall–Kier alpha value is -0.410. The van der Waals surface area contributed by atoms with Gasteiger partial charge in [-0.3, -0.25) is 4.79 Å². The van der Waals surface area contributed by atoms with Crippen LogP contribution in [0.15, 0.2) is 0 Å². The Morgan fingerprint density at radius 2 is 2.38 bits per heavy atom. The summed E-state index contributed by atoms with van der Waals surface area (Å²) in [7, 11) is 1.58. The number of hydrogen-bond donors (Lipinski definition) is 1. The van der Waals surface area contributed by atoms with Gasteiger partial charge in [0.25, 0.3) is 0 Å². The number of carbonyl (C=O) groups is 1. The van der Waals surface area contributed by atoms with Crippen molar-refractivity contribution in [2.24, 2.45) is 5.41 Å². The number of Topliss-reactive ketones (excluding diaryl/α,β-unsaturated/α-hetero) is 1. The van der Waals surface area contributed by atoms with Crippen LogP contribution in [0, 0.1) is 5.41 Å². The van der Waals surface area contributed by atoms with Crippen LogP contribution in [-0.2, 0) is 9.53 Å². The Bertz CT molecular complexity index is 174. The second-order valence-electron chi connectivity index (χ2n) is 3.77. The SMILES string of the molecule is CCC1(C(=O)COC)CCCNC1. The van der Waals surface area contributed by atoms with Gasteiger partial charge in [-0.25, -0.2) is 0 Å². The van der Waals surface area contributed by atoms with E-state index in [1.807, 2.05) is 0 Å². The third-order valence-corrected chi connectivity index (χ3v) is 3.02. The van der Waals surface area contributed by atoms with Crippen LogP contribution in [0.3, 0.4) is 0 Å². The average Bonchev–Trinajstić information content (AvgIpc) is 2.19. The first-order valence-electron chi connectivity index (χ1n) is 4.98. The summed E-state index contributed by atoms with van der Waals surface area (Å²) in [4.78, 5) is 11.8. The van der Waals surface area contributed by atoms with E-state index in [9.17, 15) is 4.79 Å². The van der Waals surface area contributed by atoms with Crippen LogP contribution in [0.25, 0.3) is 0 Å². The summed E-state index contributed by atoms with van der Waals surface area (Å²) < 4.78 is 4.91. The van der Waals surface area contributed by atoms with E-state index in [2.05, 4.69) is 12.2 Å². The second kappa shape index (κ2) is 4.72. The maximum Gasteiger partial charge on any atom is 0.165 e. The molecule has 76 valence electrons. The fourth-order valence-corrected chi connectivity index (χ4v) is 1.99. The number of ketones is 1. The summed E-state index contributed by atoms with van der Waals surface area (Å²) in [6.45, 7) is 4.21. The zero-order valence-electron chi connectivity index (χ0n) is 8.56. The number of nitrogens with one attached hydrogen (secondary N) is 1. The first-order chi connectivity index (χ1) is 6.25. The highest BCUT2D eigenvalue weighted by molar-refractivity contribution is 5.86. The van der Waals surface area contributed by atoms with E-state index in [1.165, 1.54) is 0 Å². The quantitative estimate of drug-likeness (QED) is 0.709. The van der Waals surface area contributed by atoms with Crippen molar-refractivity contribution in [3.05, 3.63) is 0 Å². The molecule has 1 aliphatic heterocycles. The molecule has 0 aliphatic carbocycles. The molecule has 1 unspecified atom stereocenters. The predicted octanol–water partition coefficient (Wildman–Crippen LogP) is 0.982. The molecule has 1 rings (SSSR count). The lowest BCUT2D eigenvalue weighted by Crippen LogP contribution is -2.46. The van der Waals surface area contributed by atoms with Gasteiger partial charge < -0.3 is 10.1 Å². The summed E-state index contributed by atoms with van der Waals surface area (Å²) in [6.07, 6.45) is 3.03. The van der Waals surface area contributed by atoms with Crippen molar-refractivity contribution in [2.45, 2.75) is 26.2 Å². The van der Waals surface area contributed by atoms with Crippen molar-refractivity contribution < 1.29 is 9.53 Å². The van der Waals surface area contributed by atoms with Gasteiger partial charge in [-0.1, -0.05) is 6.92 Å². The van der Waals surface area contributed by atoms with E-state index < -0.39 is 0 Å². The lowest BCUT2D eigenvalue weighted by Gasteiger charge is -2.35. The first-order valence-corrected chi connectivity index (χ1v) is 4.98. The van der Waals surface area contributed by atoms with Crippen molar-refractivity contribution in [3.8, 4) is 0 Å². The van der Waals surface area contributed by atoms with Crippen molar-refractivity contribution >= 4 is 5.78 Å². The number of piperidine rings is 1. The molecule has 1 atom stereocenters. The van der Waals surface area contributed by atoms with Crippen molar-refractivity contribution in [1.82, 2.24) is 5.32 Å². The van der Waals surface area contributed by atoms with Crippen LogP contribution in [0.4, 0.5) is 0 Å². The Morgan fingerprint density at radius 1 is 1.62 bits per heavy atom. The Labute approximate surface area is 79.8 Å². The van der Waals surface area contributed by atoms with E-state index in [0.29, 0.717) is 0 Å². The first kappa shape index (κ1) is 10.7. The molecule has 3 heteroatoms. The minimum Gasteiger partial charge on any atom is -0.377 e. The Balaban J connectivity index is 2.61. The van der Waals surface area contributed by atoms with Gasteiger partial charge in [0.2, 0.25) is 0 Å². The summed E-state index contributed by atoms with van der Waals surface area (Å²) in [5.41, 5.74) is -0.145. The Kier molecular flexibility index (Phi) is 3.88. The lowest BCUT2D eigenvalue weighted by molar-refractivity contribution is -0.133. The number of ether oxygens (including phenoxy) is 1. The molecule has 0 radical (unpaired) electrons. The number of hydrogen-bond acceptors (Lipinski definition) is 3. The number of rotatable bonds is 4. The smallest absolute Gasteiger partial charge is 0.165 e. The molecule has 0 bridgehead atoms. The normalized spacial score (nSPS) is 28.8. The van der Waals surface area contributed by atoms with Crippen LogP contribution in [0.1, 0.15) is 26.2 Å².